The van der Waals surface area contributed by atoms with Gasteiger partial charge in [-0.3, -0.25) is 14.5 Å². The molecule has 2 aliphatic rings. The highest BCUT2D eigenvalue weighted by atomic mass is 32.2. The minimum absolute atomic E-state index is 0.0334. The molecule has 2 amide bonds. The molecule has 5 heterocycles. The fourth-order valence-electron chi connectivity index (χ4n) is 4.24. The first-order valence-corrected chi connectivity index (χ1v) is 13.8. The van der Waals surface area contributed by atoms with Crippen LogP contribution in [0.3, 0.4) is 0 Å². The molecule has 0 unspecified atom stereocenters. The van der Waals surface area contributed by atoms with Gasteiger partial charge in [-0.05, 0) is 25.5 Å². The molecule has 2 aliphatic heterocycles. The van der Waals surface area contributed by atoms with E-state index in [1.165, 1.54) is 35.9 Å². The first-order chi connectivity index (χ1) is 19.0. The van der Waals surface area contributed by atoms with E-state index in [0.29, 0.717) is 17.7 Å². The smallest absolute Gasteiger partial charge is 0.352 e. The van der Waals surface area contributed by atoms with Gasteiger partial charge < -0.3 is 26.1 Å². The second kappa shape index (κ2) is 10.3. The molecule has 3 aromatic heterocycles. The monoisotopic (exact) mass is 586 g/mol. The molecule has 3 aromatic rings. The quantitative estimate of drug-likeness (QED) is 0.101. The molecule has 1 fully saturated rings. The molecule has 2 atom stereocenters. The van der Waals surface area contributed by atoms with Crippen LogP contribution in [0.1, 0.15) is 25.1 Å². The highest BCUT2D eigenvalue weighted by molar-refractivity contribution is 8.00. The Kier molecular flexibility index (Phi) is 6.97. The molecule has 1 saturated heterocycles. The number of hydrogen-bond donors (Lipinski definition) is 5. The van der Waals surface area contributed by atoms with E-state index >= 15 is 0 Å². The third-order valence-corrected chi connectivity index (χ3v) is 8.38. The number of carboxylic acids is 2. The SMILES string of the molecule is CC(C)(ON=C(C(=O)N[C@@H]1C(=O)N2C(C(=O)O)=C(Cc3c[nH][n+]4ccccc34)CS[C@@H]12)c1csc(N)n1)C(=O)O. The molecule has 40 heavy (non-hydrogen) atoms. The number of oxime groups is 1. The summed E-state index contributed by atoms with van der Waals surface area (Å²) in [5.41, 5.74) is 5.81. The Morgan fingerprint density at radius 2 is 2.12 bits per heavy atom. The van der Waals surface area contributed by atoms with E-state index < -0.39 is 40.8 Å². The van der Waals surface area contributed by atoms with Gasteiger partial charge in [0, 0.05) is 29.7 Å². The number of aromatic nitrogens is 3. The summed E-state index contributed by atoms with van der Waals surface area (Å²) in [6.45, 7) is 2.50. The molecule has 0 aromatic carbocycles. The highest BCUT2D eigenvalue weighted by Crippen LogP contribution is 2.41. The van der Waals surface area contributed by atoms with Gasteiger partial charge in [-0.15, -0.1) is 23.1 Å². The zero-order chi connectivity index (χ0) is 28.8. The lowest BCUT2D eigenvalue weighted by Crippen LogP contribution is -2.71. The van der Waals surface area contributed by atoms with Gasteiger partial charge >= 0.3 is 11.9 Å². The van der Waals surface area contributed by atoms with Gasteiger partial charge in [-0.2, -0.15) is 5.10 Å². The summed E-state index contributed by atoms with van der Waals surface area (Å²) in [5, 5.41) is 29.6. The number of nitrogen functional groups attached to an aromatic ring is 1. The summed E-state index contributed by atoms with van der Waals surface area (Å²) in [6, 6.07) is 4.60. The summed E-state index contributed by atoms with van der Waals surface area (Å²) < 4.78 is 1.81. The van der Waals surface area contributed by atoms with Crippen LogP contribution in [0.4, 0.5) is 5.13 Å². The van der Waals surface area contributed by atoms with Gasteiger partial charge in [-0.1, -0.05) is 9.67 Å². The van der Waals surface area contributed by atoms with Crippen LogP contribution >= 0.6 is 23.1 Å². The van der Waals surface area contributed by atoms with Gasteiger partial charge in [0.05, 0.1) is 11.8 Å². The van der Waals surface area contributed by atoms with Gasteiger partial charge in [0.2, 0.25) is 11.1 Å². The predicted molar refractivity (Wildman–Crippen MR) is 143 cm³/mol. The fourth-order valence-corrected chi connectivity index (χ4v) is 6.13. The Morgan fingerprint density at radius 3 is 2.80 bits per heavy atom. The average molecular weight is 587 g/mol. The molecule has 16 heteroatoms. The van der Waals surface area contributed by atoms with Crippen LogP contribution in [0.5, 0.6) is 0 Å². The van der Waals surface area contributed by atoms with Gasteiger partial charge in [0.25, 0.3) is 11.8 Å². The summed E-state index contributed by atoms with van der Waals surface area (Å²) in [6.07, 6.45) is 3.95. The van der Waals surface area contributed by atoms with Crippen LogP contribution in [0.25, 0.3) is 5.52 Å². The Bertz CT molecular complexity index is 1610. The van der Waals surface area contributed by atoms with Gasteiger partial charge in [-0.25, -0.2) is 14.6 Å². The van der Waals surface area contributed by atoms with Crippen molar-refractivity contribution in [2.24, 2.45) is 5.16 Å². The maximum atomic E-state index is 13.2. The molecule has 208 valence electrons. The van der Waals surface area contributed by atoms with E-state index in [-0.39, 0.29) is 22.2 Å². The van der Waals surface area contributed by atoms with Crippen LogP contribution in [-0.4, -0.2) is 77.4 Å². The number of β-lactam (4-membered cyclic amide) rings is 1. The van der Waals surface area contributed by atoms with Gasteiger partial charge in [0.1, 0.15) is 22.8 Å². The fraction of sp³-hybridized carbons (Fsp3) is 0.292. The number of thioether (sulfide) groups is 1. The maximum Gasteiger partial charge on any atom is 0.352 e. The number of anilines is 1. The first kappa shape index (κ1) is 27.1. The van der Waals surface area contributed by atoms with Crippen molar-refractivity contribution in [1.82, 2.24) is 20.3 Å². The number of H-pyrrole nitrogens is 1. The highest BCUT2D eigenvalue weighted by Gasteiger charge is 2.54. The molecule has 0 saturated carbocycles. The molecule has 0 aliphatic carbocycles. The largest absolute Gasteiger partial charge is 0.478 e. The Labute approximate surface area is 234 Å². The second-order valence-corrected chi connectivity index (χ2v) is 11.5. The van der Waals surface area contributed by atoms with Crippen molar-refractivity contribution in [1.29, 1.82) is 0 Å². The van der Waals surface area contributed by atoms with Crippen molar-refractivity contribution in [3.05, 3.63) is 58.5 Å². The van der Waals surface area contributed by atoms with E-state index in [9.17, 15) is 29.4 Å². The lowest BCUT2D eigenvalue weighted by Gasteiger charge is -2.49. The number of aliphatic carboxylic acids is 2. The number of nitrogens with one attached hydrogen (secondary N) is 2. The number of rotatable bonds is 9. The number of thiazole rings is 1. The minimum Gasteiger partial charge on any atom is -0.478 e. The molecular formula is C24H24N7O7S2+. The maximum absolute atomic E-state index is 13.2. The first-order valence-electron chi connectivity index (χ1n) is 11.9. The lowest BCUT2D eigenvalue weighted by atomic mass is 9.99. The Morgan fingerprint density at radius 1 is 1.35 bits per heavy atom. The van der Waals surface area contributed by atoms with Crippen molar-refractivity contribution in [3.63, 3.8) is 0 Å². The van der Waals surface area contributed by atoms with E-state index in [2.05, 4.69) is 20.6 Å². The van der Waals surface area contributed by atoms with Crippen LogP contribution in [-0.2, 0) is 30.4 Å². The molecule has 0 spiro atoms. The van der Waals surface area contributed by atoms with Crippen molar-refractivity contribution >= 4 is 63.2 Å². The van der Waals surface area contributed by atoms with Crippen LogP contribution < -0.4 is 15.6 Å². The van der Waals surface area contributed by atoms with Crippen LogP contribution in [0, 0.1) is 0 Å². The summed E-state index contributed by atoms with van der Waals surface area (Å²) in [7, 11) is 0. The molecule has 0 radical (unpaired) electrons. The number of carboxylic acid groups (broad SMARTS) is 2. The summed E-state index contributed by atoms with van der Waals surface area (Å²) in [4.78, 5) is 60.4. The number of nitrogens with two attached hydrogens (primary N) is 1. The zero-order valence-electron chi connectivity index (χ0n) is 21.2. The number of carbonyl (C=O) groups is 4. The van der Waals surface area contributed by atoms with E-state index in [1.54, 1.807) is 6.20 Å². The number of hydrogen-bond acceptors (Lipinski definition) is 10. The number of carbonyl (C=O) groups excluding carboxylic acids is 2. The van der Waals surface area contributed by atoms with Crippen LogP contribution in [0.2, 0.25) is 0 Å². The Hall–Kier alpha value is -4.44. The third kappa shape index (κ3) is 4.86. The molecular weight excluding hydrogens is 562 g/mol. The van der Waals surface area contributed by atoms with Crippen molar-refractivity contribution in [3.8, 4) is 0 Å². The van der Waals surface area contributed by atoms with Gasteiger partial charge in [0.15, 0.2) is 17.0 Å². The lowest BCUT2D eigenvalue weighted by molar-refractivity contribution is -0.576. The minimum atomic E-state index is -1.75. The van der Waals surface area contributed by atoms with E-state index in [1.807, 2.05) is 28.9 Å². The standard InChI is InChI=1S/C24H23N7O7S2/c1-24(2,22(36)37)38-29-15(13-10-40-23(25)27-13)18(32)28-16-19(33)31-17(21(34)35)12(9-39-20(16)31)7-11-8-26-30-6-4-3-5-14(11)30/h3-6,8,10,16,20H,7,9H2,1-2H3,(H5,25,27,28,32,34,35,36,37)/p+1/t16-,20+/m1/s1. The molecule has 14 nitrogen and oxygen atoms in total. The number of amides is 2. The number of nitrogens with zero attached hydrogens (tertiary/aromatic N) is 4. The molecule has 0 bridgehead atoms. The molecule has 6 N–H and O–H groups in total. The summed E-state index contributed by atoms with van der Waals surface area (Å²) >= 11 is 2.36. The number of pyridine rings is 1. The average Bonchev–Trinajstić information content (AvgIpc) is 3.53. The molecule has 5 rings (SSSR count). The number of aromatic amines is 1. The van der Waals surface area contributed by atoms with Crippen molar-refractivity contribution < 1.29 is 38.7 Å². The topological polar surface area (TPSA) is 204 Å². The predicted octanol–water partition coefficient (Wildman–Crippen LogP) is 0.357. The second-order valence-electron chi connectivity index (χ2n) is 9.47. The third-order valence-electron chi connectivity index (χ3n) is 6.37. The van der Waals surface area contributed by atoms with Crippen molar-refractivity contribution in [2.75, 3.05) is 11.5 Å². The van der Waals surface area contributed by atoms with Crippen LogP contribution in [0.15, 0.2) is 52.4 Å². The Balaban J connectivity index is 1.37. The van der Waals surface area contributed by atoms with Crippen molar-refractivity contribution in [2.45, 2.75) is 37.3 Å². The summed E-state index contributed by atoms with van der Waals surface area (Å²) in [5.74, 6) is -3.68. The van der Waals surface area contributed by atoms with E-state index in [4.69, 9.17) is 10.6 Å². The zero-order valence-corrected chi connectivity index (χ0v) is 22.8. The number of fused-ring (bicyclic) bond motifs is 2. The normalized spacial score (nSPS) is 19.3. The van der Waals surface area contributed by atoms with E-state index in [0.717, 1.165) is 22.4 Å².